The third-order valence-electron chi connectivity index (χ3n) is 2.86. The Hall–Kier alpha value is 0.310. The Balaban J connectivity index is -0.0000000550. The normalized spacial score (nSPS) is 19.5. The van der Waals surface area contributed by atoms with E-state index in [2.05, 4.69) is 9.51 Å². The summed E-state index contributed by atoms with van der Waals surface area (Å²) in [4.78, 5) is 35.8. The van der Waals surface area contributed by atoms with Gasteiger partial charge in [0.2, 0.25) is 0 Å². The second-order valence-corrected chi connectivity index (χ2v) is 5.48. The molecule has 2 rings (SSSR count). The molecule has 0 spiro atoms. The molecule has 0 aliphatic carbocycles. The Morgan fingerprint density at radius 2 is 1.47 bits per heavy atom. The molecule has 1 aromatic rings. The third-order valence-corrected chi connectivity index (χ3v) is 3.33. The Morgan fingerprint density at radius 3 is 1.84 bits per heavy atom. The largest absolute Gasteiger partial charge is 1.00 e. The zero-order valence-electron chi connectivity index (χ0n) is 16.9. The molecular formula is C9H30N3Na2O17P. The van der Waals surface area contributed by atoms with Crippen LogP contribution in [-0.4, -0.2) is 94.0 Å². The number of nitrogens with two attached hydrogens (primary N) is 1. The van der Waals surface area contributed by atoms with E-state index in [1.165, 1.54) is 12.3 Å². The number of hydrogen-bond acceptors (Lipinski definition) is 10. The van der Waals surface area contributed by atoms with E-state index in [0.29, 0.717) is 0 Å². The summed E-state index contributed by atoms with van der Waals surface area (Å²) in [6.45, 7) is -0.782. The Labute approximate surface area is 224 Å². The number of nitrogen functional groups attached to an aromatic ring is 1. The van der Waals surface area contributed by atoms with Gasteiger partial charge in [0.25, 0.3) is 0 Å². The van der Waals surface area contributed by atoms with Crippen LogP contribution < -0.4 is 80.3 Å². The van der Waals surface area contributed by atoms with Crippen molar-refractivity contribution in [1.29, 1.82) is 0 Å². The molecule has 22 N–H and O–H groups in total. The van der Waals surface area contributed by atoms with Crippen LogP contribution in [0, 0.1) is 0 Å². The number of anilines is 1. The molecule has 0 bridgehead atoms. The van der Waals surface area contributed by atoms with Crippen molar-refractivity contribution >= 4 is 13.6 Å². The predicted octanol–water partition coefficient (Wildman–Crippen LogP) is -17.1. The number of hydrogen-bond donors (Lipinski definition) is 3. The van der Waals surface area contributed by atoms with E-state index in [9.17, 15) is 29.4 Å². The molecule has 0 radical (unpaired) electrons. The standard InChI is InChI=1S/C9H14N3O8P.2Na.9H2O/c10-5-1-2-12(9(15)11-5)8-7(14)6(13)4(20-8)3-19-21(16,17)18;;;;;;;;;;;/h1-2,4,6-8,13-14H,3H2,(H2,10,11,15)(H2,16,17,18);;;9*1H2/q;2*+1;;;;;;;;;/p-2/t4-,6-,7-,8-;;;;;;;;;;;/m1.........../s1. The molecule has 23 heteroatoms. The van der Waals surface area contributed by atoms with Crippen LogP contribution in [0.25, 0.3) is 0 Å². The van der Waals surface area contributed by atoms with Crippen molar-refractivity contribution in [2.45, 2.75) is 24.5 Å². The summed E-state index contributed by atoms with van der Waals surface area (Å²) in [5.74, 6) is -0.0391. The van der Waals surface area contributed by atoms with Gasteiger partial charge in [-0.15, -0.1) is 0 Å². The van der Waals surface area contributed by atoms with Gasteiger partial charge in [0.05, 0.1) is 14.4 Å². The van der Waals surface area contributed by atoms with Crippen LogP contribution in [0.15, 0.2) is 17.1 Å². The fraction of sp³-hybridized carbons (Fsp3) is 0.556. The Kier molecular flexibility index (Phi) is 51.6. The molecule has 1 aromatic heterocycles. The molecule has 0 aromatic carbocycles. The molecule has 20 nitrogen and oxygen atoms in total. The number of aromatic nitrogens is 2. The van der Waals surface area contributed by atoms with E-state index in [1.807, 2.05) is 0 Å². The maximum Gasteiger partial charge on any atom is 1.00 e. The first kappa shape index (κ1) is 63.6. The maximum absolute atomic E-state index is 11.6. The van der Waals surface area contributed by atoms with Crippen molar-refractivity contribution in [3.63, 3.8) is 0 Å². The van der Waals surface area contributed by atoms with E-state index < -0.39 is 44.7 Å². The topological polar surface area (TPSA) is 467 Å². The molecule has 1 aliphatic rings. The smallest absolute Gasteiger partial charge is 0.790 e. The van der Waals surface area contributed by atoms with E-state index in [4.69, 9.17) is 10.5 Å². The van der Waals surface area contributed by atoms with E-state index in [1.54, 1.807) is 0 Å². The second kappa shape index (κ2) is 25.9. The number of aliphatic hydroxyl groups is 2. The maximum atomic E-state index is 11.6. The molecule has 0 saturated carbocycles. The van der Waals surface area contributed by atoms with Crippen LogP contribution in [0.4, 0.5) is 5.82 Å². The molecule has 2 heterocycles. The third kappa shape index (κ3) is 16.9. The van der Waals surface area contributed by atoms with Crippen molar-refractivity contribution in [2.24, 2.45) is 0 Å². The van der Waals surface area contributed by atoms with Crippen LogP contribution in [0.3, 0.4) is 0 Å². The monoisotopic (exact) mass is 529 g/mol. The van der Waals surface area contributed by atoms with E-state index in [0.717, 1.165) is 4.57 Å². The van der Waals surface area contributed by atoms with Crippen LogP contribution >= 0.6 is 7.82 Å². The van der Waals surface area contributed by atoms with Crippen molar-refractivity contribution in [2.75, 3.05) is 12.3 Å². The number of aliphatic hydroxyl groups excluding tert-OH is 2. The van der Waals surface area contributed by atoms with Crippen LogP contribution in [0.1, 0.15) is 6.23 Å². The van der Waals surface area contributed by atoms with Gasteiger partial charge in [-0.2, -0.15) is 4.98 Å². The first-order valence-electron chi connectivity index (χ1n) is 5.72. The van der Waals surface area contributed by atoms with Crippen molar-refractivity contribution in [1.82, 2.24) is 9.55 Å². The summed E-state index contributed by atoms with van der Waals surface area (Å²) in [6.07, 6.45) is -4.51. The fourth-order valence-electron chi connectivity index (χ4n) is 1.88. The van der Waals surface area contributed by atoms with Crippen LogP contribution in [-0.2, 0) is 13.8 Å². The van der Waals surface area contributed by atoms with Crippen LogP contribution in [0.2, 0.25) is 0 Å². The summed E-state index contributed by atoms with van der Waals surface area (Å²) in [5.41, 5.74) is 4.49. The van der Waals surface area contributed by atoms with Crippen LogP contribution in [0.5, 0.6) is 0 Å². The number of nitrogens with zero attached hydrogens (tertiary/aromatic N) is 2. The summed E-state index contributed by atoms with van der Waals surface area (Å²) in [7, 11) is -5.24. The van der Waals surface area contributed by atoms with E-state index >= 15 is 0 Å². The minimum atomic E-state index is -5.24. The molecule has 1 saturated heterocycles. The molecule has 0 amide bonds. The van der Waals surface area contributed by atoms with Gasteiger partial charge in [0.1, 0.15) is 24.1 Å². The average molecular weight is 529 g/mol. The first-order valence-corrected chi connectivity index (χ1v) is 7.18. The molecular weight excluding hydrogens is 499 g/mol. The van der Waals surface area contributed by atoms with Gasteiger partial charge < -0.3 is 88.8 Å². The second-order valence-electron chi connectivity index (χ2n) is 4.33. The molecule has 1 aliphatic heterocycles. The number of phosphoric acid groups is 1. The molecule has 190 valence electrons. The van der Waals surface area contributed by atoms with Gasteiger partial charge in [-0.3, -0.25) is 4.57 Å². The molecule has 4 atom stereocenters. The summed E-state index contributed by atoms with van der Waals surface area (Å²) in [6, 6.07) is 1.27. The number of rotatable bonds is 4. The summed E-state index contributed by atoms with van der Waals surface area (Å²) < 4.78 is 20.4. The Morgan fingerprint density at radius 1 is 1.03 bits per heavy atom. The minimum absolute atomic E-state index is 0. The number of phosphoric ester groups is 1. The predicted molar refractivity (Wildman–Crippen MR) is 94.9 cm³/mol. The van der Waals surface area contributed by atoms with Crippen molar-refractivity contribution in [3.05, 3.63) is 22.7 Å². The fourth-order valence-corrected chi connectivity index (χ4v) is 2.21. The van der Waals surface area contributed by atoms with Gasteiger partial charge in [0.15, 0.2) is 6.23 Å². The summed E-state index contributed by atoms with van der Waals surface area (Å²) in [5, 5.41) is 19.6. The number of ether oxygens (including phenoxy) is 1. The van der Waals surface area contributed by atoms with Crippen molar-refractivity contribution < 1.29 is 142 Å². The molecule has 0 unspecified atom stereocenters. The van der Waals surface area contributed by atoms with Gasteiger partial charge in [-0.05, 0) is 6.07 Å². The zero-order valence-corrected chi connectivity index (χ0v) is 21.8. The zero-order chi connectivity index (χ0) is 15.8. The molecule has 1 fully saturated rings. The SMILES string of the molecule is Nc1ccn([C@@H]2O[C@H](COP(=O)([O-])[O-])[C@@H](O)[C@H]2O)c(=O)n1.O.O.O.O.O.O.O.O.O.[Na+].[Na+]. The first-order chi connectivity index (χ1) is 9.69. The van der Waals surface area contributed by atoms with Gasteiger partial charge in [-0.25, -0.2) is 4.79 Å². The average Bonchev–Trinajstić information content (AvgIpc) is 2.64. The molecule has 32 heavy (non-hydrogen) atoms. The minimum Gasteiger partial charge on any atom is -0.790 e. The van der Waals surface area contributed by atoms with Gasteiger partial charge in [-0.1, -0.05) is 0 Å². The van der Waals surface area contributed by atoms with Gasteiger partial charge >= 0.3 is 64.8 Å². The summed E-state index contributed by atoms with van der Waals surface area (Å²) >= 11 is 0. The van der Waals surface area contributed by atoms with Gasteiger partial charge in [0, 0.05) is 6.20 Å². The van der Waals surface area contributed by atoms with E-state index in [-0.39, 0.29) is 114 Å². The Bertz CT molecular complexity index is 636. The van der Waals surface area contributed by atoms with Crippen molar-refractivity contribution in [3.8, 4) is 0 Å². The quantitative estimate of drug-likeness (QED) is 0.244.